The molecule has 1 N–H and O–H groups in total. The van der Waals surface area contributed by atoms with Crippen LogP contribution in [0.2, 0.25) is 0 Å². The van der Waals surface area contributed by atoms with Gasteiger partial charge in [0.1, 0.15) is 5.82 Å². The number of hydrogen-bond donors (Lipinski definition) is 1. The van der Waals surface area contributed by atoms with E-state index in [1.807, 2.05) is 24.3 Å². The average Bonchev–Trinajstić information content (AvgIpc) is 2.80. The van der Waals surface area contributed by atoms with E-state index in [-0.39, 0.29) is 23.4 Å². The van der Waals surface area contributed by atoms with Crippen LogP contribution in [0.1, 0.15) is 60.2 Å². The van der Waals surface area contributed by atoms with E-state index in [4.69, 9.17) is 0 Å². The smallest absolute Gasteiger partial charge is 0.256 e. The van der Waals surface area contributed by atoms with Gasteiger partial charge in [0, 0.05) is 43.5 Å². The molecule has 3 rings (SSSR count). The summed E-state index contributed by atoms with van der Waals surface area (Å²) >= 11 is 0. The molecule has 1 aliphatic rings. The lowest BCUT2D eigenvalue weighted by Gasteiger charge is -2.32. The van der Waals surface area contributed by atoms with Crippen LogP contribution in [0.3, 0.4) is 0 Å². The number of unbranched alkanes of at least 4 members (excludes halogenated alkanes) is 1. The van der Waals surface area contributed by atoms with Crippen LogP contribution in [0.25, 0.3) is 0 Å². The van der Waals surface area contributed by atoms with Crippen molar-refractivity contribution in [3.8, 4) is 0 Å². The van der Waals surface area contributed by atoms with E-state index in [1.165, 1.54) is 12.1 Å². The van der Waals surface area contributed by atoms with Gasteiger partial charge < -0.3 is 15.1 Å². The van der Waals surface area contributed by atoms with Gasteiger partial charge >= 0.3 is 0 Å². The molecule has 2 amide bonds. The first-order chi connectivity index (χ1) is 15.0. The quantitative estimate of drug-likeness (QED) is 0.678. The van der Waals surface area contributed by atoms with E-state index in [2.05, 4.69) is 24.1 Å². The highest BCUT2D eigenvalue weighted by Crippen LogP contribution is 2.18. The molecule has 0 saturated carbocycles. The summed E-state index contributed by atoms with van der Waals surface area (Å²) in [6.45, 7) is 7.28. The van der Waals surface area contributed by atoms with Gasteiger partial charge in [0.05, 0.1) is 5.56 Å². The fourth-order valence-electron chi connectivity index (χ4n) is 3.94. The van der Waals surface area contributed by atoms with Gasteiger partial charge in [0.25, 0.3) is 11.8 Å². The number of nitrogens with one attached hydrogen (secondary N) is 1. The van der Waals surface area contributed by atoms with Crippen LogP contribution < -0.4 is 10.2 Å². The van der Waals surface area contributed by atoms with Crippen molar-refractivity contribution < 1.29 is 14.0 Å². The Morgan fingerprint density at radius 3 is 2.35 bits per heavy atom. The van der Waals surface area contributed by atoms with Crippen LogP contribution in [0.4, 0.5) is 10.1 Å². The zero-order valence-corrected chi connectivity index (χ0v) is 18.4. The normalized spacial score (nSPS) is 14.4. The van der Waals surface area contributed by atoms with E-state index < -0.39 is 5.82 Å². The lowest BCUT2D eigenvalue weighted by molar-refractivity contribution is 0.0693. The molecule has 0 aliphatic carbocycles. The van der Waals surface area contributed by atoms with E-state index in [0.29, 0.717) is 31.5 Å². The standard InChI is InChI=1S/C25H32FN3O2/c1-3-5-16-28(4-2)21-12-10-19(11-13-21)24(30)27-20-14-17-29(18-15-20)25(31)22-8-6-7-9-23(22)26/h6-13,20H,3-5,14-18H2,1-2H3,(H,27,30). The van der Waals surface area contributed by atoms with Gasteiger partial charge in [-0.25, -0.2) is 4.39 Å². The van der Waals surface area contributed by atoms with E-state index in [0.717, 1.165) is 31.6 Å². The highest BCUT2D eigenvalue weighted by atomic mass is 19.1. The van der Waals surface area contributed by atoms with Crippen molar-refractivity contribution in [3.05, 3.63) is 65.5 Å². The summed E-state index contributed by atoms with van der Waals surface area (Å²) in [5.74, 6) is -0.883. The fourth-order valence-corrected chi connectivity index (χ4v) is 3.94. The lowest BCUT2D eigenvalue weighted by Crippen LogP contribution is -2.46. The number of likely N-dealkylation sites (tertiary alicyclic amines) is 1. The summed E-state index contributed by atoms with van der Waals surface area (Å²) in [6.07, 6.45) is 3.62. The van der Waals surface area contributed by atoms with Gasteiger partial charge in [-0.15, -0.1) is 0 Å². The van der Waals surface area contributed by atoms with Crippen molar-refractivity contribution in [2.45, 2.75) is 45.6 Å². The molecular weight excluding hydrogens is 393 g/mol. The van der Waals surface area contributed by atoms with Gasteiger partial charge in [0.2, 0.25) is 0 Å². The Hall–Kier alpha value is -2.89. The molecule has 0 atom stereocenters. The van der Waals surface area contributed by atoms with Crippen molar-refractivity contribution in [1.29, 1.82) is 0 Å². The van der Waals surface area contributed by atoms with Crippen molar-refractivity contribution in [1.82, 2.24) is 10.2 Å². The Morgan fingerprint density at radius 1 is 1.06 bits per heavy atom. The molecule has 6 heteroatoms. The molecule has 1 saturated heterocycles. The fraction of sp³-hybridized carbons (Fsp3) is 0.440. The van der Waals surface area contributed by atoms with Crippen molar-refractivity contribution in [2.24, 2.45) is 0 Å². The van der Waals surface area contributed by atoms with E-state index in [9.17, 15) is 14.0 Å². The maximum atomic E-state index is 13.9. The van der Waals surface area contributed by atoms with Crippen LogP contribution in [0.15, 0.2) is 48.5 Å². The van der Waals surface area contributed by atoms with Crippen molar-refractivity contribution >= 4 is 17.5 Å². The van der Waals surface area contributed by atoms with Gasteiger partial charge in [-0.3, -0.25) is 9.59 Å². The molecule has 0 aromatic heterocycles. The third-order valence-electron chi connectivity index (χ3n) is 5.88. The van der Waals surface area contributed by atoms with Gasteiger partial charge in [-0.05, 0) is 62.6 Å². The van der Waals surface area contributed by atoms with Gasteiger partial charge in [-0.2, -0.15) is 0 Å². The molecule has 0 radical (unpaired) electrons. The number of halogens is 1. The number of anilines is 1. The zero-order chi connectivity index (χ0) is 22.2. The van der Waals surface area contributed by atoms with Crippen LogP contribution in [0, 0.1) is 5.82 Å². The van der Waals surface area contributed by atoms with Crippen LogP contribution in [0.5, 0.6) is 0 Å². The Bertz CT molecular complexity index is 877. The van der Waals surface area contributed by atoms with Gasteiger partial charge in [-0.1, -0.05) is 25.5 Å². The molecule has 0 spiro atoms. The molecule has 1 aliphatic heterocycles. The monoisotopic (exact) mass is 425 g/mol. The lowest BCUT2D eigenvalue weighted by atomic mass is 10.0. The first-order valence-corrected chi connectivity index (χ1v) is 11.2. The second kappa shape index (κ2) is 10.9. The summed E-state index contributed by atoms with van der Waals surface area (Å²) in [7, 11) is 0. The maximum absolute atomic E-state index is 13.9. The Morgan fingerprint density at radius 2 is 1.74 bits per heavy atom. The van der Waals surface area contributed by atoms with Crippen LogP contribution in [-0.2, 0) is 0 Å². The SMILES string of the molecule is CCCCN(CC)c1ccc(C(=O)NC2CCN(C(=O)c3ccccc3F)CC2)cc1. The highest BCUT2D eigenvalue weighted by molar-refractivity contribution is 5.95. The molecule has 2 aromatic carbocycles. The summed E-state index contributed by atoms with van der Waals surface area (Å²) in [5.41, 5.74) is 1.87. The van der Waals surface area contributed by atoms with Crippen LogP contribution >= 0.6 is 0 Å². The molecule has 1 fully saturated rings. The number of rotatable bonds is 8. The van der Waals surface area contributed by atoms with Crippen molar-refractivity contribution in [2.75, 3.05) is 31.1 Å². The minimum absolute atomic E-state index is 0.00791. The second-order valence-electron chi connectivity index (χ2n) is 8.00. The molecule has 0 unspecified atom stereocenters. The maximum Gasteiger partial charge on any atom is 0.256 e. The Kier molecular flexibility index (Phi) is 8.04. The summed E-state index contributed by atoms with van der Waals surface area (Å²) in [5, 5.41) is 3.08. The molecule has 31 heavy (non-hydrogen) atoms. The zero-order valence-electron chi connectivity index (χ0n) is 18.4. The summed E-state index contributed by atoms with van der Waals surface area (Å²) < 4.78 is 13.9. The number of amides is 2. The second-order valence-corrected chi connectivity index (χ2v) is 8.00. The number of carbonyl (C=O) groups is 2. The highest BCUT2D eigenvalue weighted by Gasteiger charge is 2.26. The third kappa shape index (κ3) is 5.84. The molecule has 166 valence electrons. The minimum Gasteiger partial charge on any atom is -0.372 e. The van der Waals surface area contributed by atoms with Crippen LogP contribution in [-0.4, -0.2) is 48.9 Å². The first kappa shape index (κ1) is 22.8. The number of piperidine rings is 1. The Balaban J connectivity index is 1.52. The average molecular weight is 426 g/mol. The predicted molar refractivity (Wildman–Crippen MR) is 122 cm³/mol. The summed E-state index contributed by atoms with van der Waals surface area (Å²) in [4.78, 5) is 29.2. The Labute approximate surface area is 184 Å². The van der Waals surface area contributed by atoms with E-state index >= 15 is 0 Å². The topological polar surface area (TPSA) is 52.7 Å². The van der Waals surface area contributed by atoms with Crippen molar-refractivity contribution in [3.63, 3.8) is 0 Å². The minimum atomic E-state index is -0.497. The molecule has 2 aromatic rings. The molecule has 0 bridgehead atoms. The molecular formula is C25H32FN3O2. The third-order valence-corrected chi connectivity index (χ3v) is 5.88. The number of hydrogen-bond acceptors (Lipinski definition) is 3. The number of nitrogens with zero attached hydrogens (tertiary/aromatic N) is 2. The summed E-state index contributed by atoms with van der Waals surface area (Å²) in [6, 6.07) is 13.8. The predicted octanol–water partition coefficient (Wildman–Crippen LogP) is 4.49. The number of carbonyl (C=O) groups excluding carboxylic acids is 2. The molecule has 5 nitrogen and oxygen atoms in total. The largest absolute Gasteiger partial charge is 0.372 e. The first-order valence-electron chi connectivity index (χ1n) is 11.2. The number of benzene rings is 2. The molecule has 1 heterocycles. The van der Waals surface area contributed by atoms with Gasteiger partial charge in [0.15, 0.2) is 0 Å². The van der Waals surface area contributed by atoms with E-state index in [1.54, 1.807) is 17.0 Å².